The number of thioether (sulfide) groups is 1. The van der Waals surface area contributed by atoms with Crippen LogP contribution in [0.3, 0.4) is 0 Å². The minimum atomic E-state index is -0.459. The van der Waals surface area contributed by atoms with Gasteiger partial charge in [0.1, 0.15) is 0 Å². The van der Waals surface area contributed by atoms with Crippen LogP contribution in [0.2, 0.25) is 5.02 Å². The van der Waals surface area contributed by atoms with Crippen molar-refractivity contribution in [1.82, 2.24) is 9.97 Å². The van der Waals surface area contributed by atoms with Gasteiger partial charge in [0.05, 0.1) is 10.9 Å². The van der Waals surface area contributed by atoms with E-state index in [0.717, 1.165) is 11.1 Å². The quantitative estimate of drug-likeness (QED) is 0.488. The van der Waals surface area contributed by atoms with Gasteiger partial charge < -0.3 is 10.3 Å². The number of carbonyl (C=O) groups excluding carboxylic acids is 1. The number of aromatic nitrogens is 2. The number of rotatable bonds is 5. The van der Waals surface area contributed by atoms with E-state index in [2.05, 4.69) is 15.3 Å². The maximum absolute atomic E-state index is 12.5. The van der Waals surface area contributed by atoms with Crippen LogP contribution in [0.15, 0.2) is 64.5 Å². The standard InChI is InChI=1S/C20H18ClN3O2S/c1-12-8-9-15(10-16(12)21)22-19(26)13(2)27-20-23-17(11-18(25)24-20)14-6-4-3-5-7-14/h3-11,13H,1-2H3,(H,22,26)(H,23,24,25)/t13-/m1/s1. The average Bonchev–Trinajstić information content (AvgIpc) is 2.65. The van der Waals surface area contributed by atoms with Crippen molar-refractivity contribution in [2.24, 2.45) is 0 Å². The van der Waals surface area contributed by atoms with Crippen molar-refractivity contribution >= 4 is 35.0 Å². The Morgan fingerprint density at radius 3 is 2.63 bits per heavy atom. The van der Waals surface area contributed by atoms with Crippen molar-refractivity contribution < 1.29 is 4.79 Å². The van der Waals surface area contributed by atoms with Crippen molar-refractivity contribution in [2.45, 2.75) is 24.3 Å². The summed E-state index contributed by atoms with van der Waals surface area (Å²) >= 11 is 7.28. The van der Waals surface area contributed by atoms with Gasteiger partial charge in [-0.3, -0.25) is 9.59 Å². The molecule has 0 bridgehead atoms. The van der Waals surface area contributed by atoms with E-state index in [0.29, 0.717) is 21.6 Å². The molecule has 0 aliphatic rings. The molecule has 2 N–H and O–H groups in total. The number of aryl methyl sites for hydroxylation is 1. The lowest BCUT2D eigenvalue weighted by molar-refractivity contribution is -0.115. The molecule has 1 heterocycles. The largest absolute Gasteiger partial charge is 0.325 e. The van der Waals surface area contributed by atoms with Gasteiger partial charge in [0, 0.05) is 22.3 Å². The van der Waals surface area contributed by atoms with E-state index in [-0.39, 0.29) is 11.5 Å². The summed E-state index contributed by atoms with van der Waals surface area (Å²) in [6.07, 6.45) is 0. The van der Waals surface area contributed by atoms with Crippen molar-refractivity contribution in [3.8, 4) is 11.3 Å². The fourth-order valence-corrected chi connectivity index (χ4v) is 3.38. The Morgan fingerprint density at radius 2 is 1.93 bits per heavy atom. The van der Waals surface area contributed by atoms with Crippen LogP contribution in [0.4, 0.5) is 5.69 Å². The summed E-state index contributed by atoms with van der Waals surface area (Å²) < 4.78 is 0. The van der Waals surface area contributed by atoms with E-state index in [9.17, 15) is 9.59 Å². The second kappa shape index (κ2) is 8.41. The summed E-state index contributed by atoms with van der Waals surface area (Å²) in [6.45, 7) is 3.65. The summed E-state index contributed by atoms with van der Waals surface area (Å²) in [4.78, 5) is 31.6. The third kappa shape index (κ3) is 4.99. The minimum Gasteiger partial charge on any atom is -0.325 e. The number of anilines is 1. The zero-order valence-corrected chi connectivity index (χ0v) is 16.4. The molecule has 7 heteroatoms. The van der Waals surface area contributed by atoms with Crippen molar-refractivity contribution in [2.75, 3.05) is 5.32 Å². The first kappa shape index (κ1) is 19.2. The first-order valence-electron chi connectivity index (χ1n) is 8.33. The second-order valence-corrected chi connectivity index (χ2v) is 7.75. The lowest BCUT2D eigenvalue weighted by Gasteiger charge is -2.12. The van der Waals surface area contributed by atoms with Crippen molar-refractivity contribution in [3.63, 3.8) is 0 Å². The molecule has 0 spiro atoms. The van der Waals surface area contributed by atoms with Crippen LogP contribution in [0.25, 0.3) is 11.3 Å². The van der Waals surface area contributed by atoms with E-state index >= 15 is 0 Å². The van der Waals surface area contributed by atoms with Gasteiger partial charge in [0.25, 0.3) is 5.56 Å². The number of halogens is 1. The summed E-state index contributed by atoms with van der Waals surface area (Å²) in [5.74, 6) is -0.201. The van der Waals surface area contributed by atoms with Crippen LogP contribution < -0.4 is 10.9 Å². The van der Waals surface area contributed by atoms with Crippen LogP contribution in [0, 0.1) is 6.92 Å². The number of benzene rings is 2. The molecule has 5 nitrogen and oxygen atoms in total. The van der Waals surface area contributed by atoms with E-state index in [1.54, 1.807) is 19.1 Å². The number of H-pyrrole nitrogens is 1. The van der Waals surface area contributed by atoms with Crippen LogP contribution >= 0.6 is 23.4 Å². The highest BCUT2D eigenvalue weighted by molar-refractivity contribution is 8.00. The highest BCUT2D eigenvalue weighted by Crippen LogP contribution is 2.24. The van der Waals surface area contributed by atoms with E-state index in [4.69, 9.17) is 11.6 Å². The Morgan fingerprint density at radius 1 is 1.19 bits per heavy atom. The number of hydrogen-bond donors (Lipinski definition) is 2. The normalized spacial score (nSPS) is 11.8. The van der Waals surface area contributed by atoms with Gasteiger partial charge in [0.2, 0.25) is 5.91 Å². The fraction of sp³-hybridized carbons (Fsp3) is 0.150. The molecule has 0 radical (unpaired) electrons. The maximum atomic E-state index is 12.5. The Kier molecular flexibility index (Phi) is 5.98. The Hall–Kier alpha value is -2.57. The minimum absolute atomic E-state index is 0.201. The Labute approximate surface area is 166 Å². The van der Waals surface area contributed by atoms with Gasteiger partial charge in [-0.15, -0.1) is 0 Å². The summed E-state index contributed by atoms with van der Waals surface area (Å²) in [5, 5.41) is 3.35. The zero-order valence-electron chi connectivity index (χ0n) is 14.8. The lowest BCUT2D eigenvalue weighted by atomic mass is 10.1. The Balaban J connectivity index is 1.74. The van der Waals surface area contributed by atoms with E-state index in [1.807, 2.05) is 43.3 Å². The number of carbonyl (C=O) groups is 1. The van der Waals surface area contributed by atoms with Gasteiger partial charge in [-0.2, -0.15) is 0 Å². The molecule has 0 aliphatic carbocycles. The molecule has 1 atom stereocenters. The predicted octanol–water partition coefficient (Wildman–Crippen LogP) is 4.52. The molecule has 0 saturated heterocycles. The first-order valence-corrected chi connectivity index (χ1v) is 9.58. The SMILES string of the molecule is Cc1ccc(NC(=O)[C@@H](C)Sc2nc(-c3ccccc3)cc(=O)[nH]2)cc1Cl. The van der Waals surface area contributed by atoms with Gasteiger partial charge in [-0.1, -0.05) is 59.8 Å². The van der Waals surface area contributed by atoms with Crippen molar-refractivity contribution in [3.05, 3.63) is 75.5 Å². The third-order valence-corrected chi connectivity index (χ3v) is 5.28. The molecular weight excluding hydrogens is 382 g/mol. The second-order valence-electron chi connectivity index (χ2n) is 6.02. The summed E-state index contributed by atoms with van der Waals surface area (Å²) in [5.41, 5.74) is 2.72. The van der Waals surface area contributed by atoms with Crippen LogP contribution in [0.5, 0.6) is 0 Å². The summed E-state index contributed by atoms with van der Waals surface area (Å²) in [6, 6.07) is 16.2. The zero-order chi connectivity index (χ0) is 19.4. The number of nitrogens with one attached hydrogen (secondary N) is 2. The molecule has 3 rings (SSSR count). The highest BCUT2D eigenvalue weighted by atomic mass is 35.5. The molecular formula is C20H18ClN3O2S. The fourth-order valence-electron chi connectivity index (χ4n) is 2.38. The average molecular weight is 400 g/mol. The molecule has 0 fully saturated rings. The van der Waals surface area contributed by atoms with Crippen molar-refractivity contribution in [1.29, 1.82) is 0 Å². The number of nitrogens with zero attached hydrogens (tertiary/aromatic N) is 1. The molecule has 1 aromatic heterocycles. The molecule has 3 aromatic rings. The van der Waals surface area contributed by atoms with Gasteiger partial charge >= 0.3 is 0 Å². The van der Waals surface area contributed by atoms with Gasteiger partial charge in [-0.25, -0.2) is 4.98 Å². The molecule has 27 heavy (non-hydrogen) atoms. The summed E-state index contributed by atoms with van der Waals surface area (Å²) in [7, 11) is 0. The van der Waals surface area contributed by atoms with Crippen LogP contribution in [-0.4, -0.2) is 21.1 Å². The molecule has 0 aliphatic heterocycles. The Bertz CT molecular complexity index is 1020. The molecule has 0 unspecified atom stereocenters. The van der Waals surface area contributed by atoms with Gasteiger partial charge in [0.15, 0.2) is 5.16 Å². The lowest BCUT2D eigenvalue weighted by Crippen LogP contribution is -2.23. The first-order chi connectivity index (χ1) is 12.9. The van der Waals surface area contributed by atoms with Crippen LogP contribution in [-0.2, 0) is 4.79 Å². The van der Waals surface area contributed by atoms with Gasteiger partial charge in [-0.05, 0) is 31.5 Å². The number of amides is 1. The molecule has 2 aromatic carbocycles. The number of hydrogen-bond acceptors (Lipinski definition) is 4. The molecule has 138 valence electrons. The smallest absolute Gasteiger partial charge is 0.252 e. The number of aromatic amines is 1. The third-order valence-electron chi connectivity index (χ3n) is 3.89. The predicted molar refractivity (Wildman–Crippen MR) is 110 cm³/mol. The topological polar surface area (TPSA) is 74.8 Å². The molecule has 1 amide bonds. The monoisotopic (exact) mass is 399 g/mol. The maximum Gasteiger partial charge on any atom is 0.252 e. The highest BCUT2D eigenvalue weighted by Gasteiger charge is 2.17. The van der Waals surface area contributed by atoms with E-state index in [1.165, 1.54) is 17.8 Å². The van der Waals surface area contributed by atoms with Crippen LogP contribution in [0.1, 0.15) is 12.5 Å². The van der Waals surface area contributed by atoms with E-state index < -0.39 is 5.25 Å². The molecule has 0 saturated carbocycles.